The van der Waals surface area contributed by atoms with E-state index in [0.29, 0.717) is 25.3 Å². The summed E-state index contributed by atoms with van der Waals surface area (Å²) in [7, 11) is -4.61. The highest BCUT2D eigenvalue weighted by Gasteiger charge is 2.21. The summed E-state index contributed by atoms with van der Waals surface area (Å²) < 4.78 is 26.0. The van der Waals surface area contributed by atoms with Crippen LogP contribution in [0, 0.1) is 0 Å². The molecule has 1 atom stereocenters. The molecule has 0 rings (SSSR count). The number of thioether (sulfide) groups is 1. The molecule has 8 nitrogen and oxygen atoms in total. The molecule has 0 heterocycles. The van der Waals surface area contributed by atoms with E-state index in [-0.39, 0.29) is 12.6 Å². The normalized spacial score (nSPS) is 12.3. The van der Waals surface area contributed by atoms with Gasteiger partial charge in [0, 0.05) is 12.2 Å². The molecule has 0 aromatic rings. The van der Waals surface area contributed by atoms with Crippen molar-refractivity contribution in [3.63, 3.8) is 0 Å². The third-order valence-electron chi connectivity index (χ3n) is 7.63. The minimum Gasteiger partial charge on any atom is -0.468 e. The number of unbranched alkanes of at least 4 members (excludes halogenated alkanes) is 22. The lowest BCUT2D eigenvalue weighted by molar-refractivity contribution is -0.149. The lowest BCUT2D eigenvalue weighted by Gasteiger charge is -2.18. The van der Waals surface area contributed by atoms with Gasteiger partial charge in [-0.15, -0.1) is 0 Å². The molecule has 0 aliphatic heterocycles. The molecule has 0 saturated carbocycles. The predicted octanol–water partition coefficient (Wildman–Crippen LogP) is 9.69. The fourth-order valence-electron chi connectivity index (χ4n) is 5.07. The number of hydrogen-bond donors (Lipinski definition) is 2. The molecule has 0 aromatic heterocycles. The molecule has 10 heteroatoms. The average Bonchev–Trinajstić information content (AvgIpc) is 2.97. The number of hydrogen-bond acceptors (Lipinski definition) is 7. The van der Waals surface area contributed by atoms with Gasteiger partial charge in [0.1, 0.15) is 6.10 Å². The molecule has 0 spiro atoms. The molecule has 2 N–H and O–H groups in total. The minimum absolute atomic E-state index is 0.284. The Labute approximate surface area is 267 Å². The molecule has 0 amide bonds. The van der Waals surface area contributed by atoms with Crippen molar-refractivity contribution in [2.75, 3.05) is 24.7 Å². The second-order valence-electron chi connectivity index (χ2n) is 11.8. The van der Waals surface area contributed by atoms with Crippen LogP contribution in [0.2, 0.25) is 0 Å². The van der Waals surface area contributed by atoms with E-state index in [1.165, 1.54) is 109 Å². The van der Waals surface area contributed by atoms with Gasteiger partial charge in [-0.1, -0.05) is 142 Å². The fourth-order valence-corrected chi connectivity index (χ4v) is 6.43. The highest BCUT2D eigenvalue weighted by atomic mass is 32.2. The molecule has 0 bridgehead atoms. The van der Waals surface area contributed by atoms with Crippen LogP contribution in [-0.4, -0.2) is 53.1 Å². The van der Waals surface area contributed by atoms with Gasteiger partial charge in [0.2, 0.25) is 0 Å². The van der Waals surface area contributed by atoms with Crippen molar-refractivity contribution >= 4 is 32.0 Å². The molecule has 0 aromatic carbocycles. The lowest BCUT2D eigenvalue weighted by atomic mass is 10.0. The number of ether oxygens (including phenoxy) is 2. The van der Waals surface area contributed by atoms with Crippen LogP contribution >= 0.6 is 19.6 Å². The highest BCUT2D eigenvalue weighted by Crippen LogP contribution is 2.36. The summed E-state index contributed by atoms with van der Waals surface area (Å²) in [6.45, 7) is 3.02. The number of rotatable bonds is 35. The van der Waals surface area contributed by atoms with E-state index in [9.17, 15) is 14.2 Å². The first-order valence-electron chi connectivity index (χ1n) is 17.4. The van der Waals surface area contributed by atoms with Crippen molar-refractivity contribution in [2.24, 2.45) is 0 Å². The van der Waals surface area contributed by atoms with Crippen LogP contribution in [0.5, 0.6) is 0 Å². The second kappa shape index (κ2) is 32.8. The van der Waals surface area contributed by atoms with Crippen molar-refractivity contribution in [1.29, 1.82) is 0 Å². The maximum atomic E-state index is 12.4. The van der Waals surface area contributed by atoms with E-state index in [2.05, 4.69) is 11.4 Å². The summed E-state index contributed by atoms with van der Waals surface area (Å²) in [5.41, 5.74) is 0. The van der Waals surface area contributed by atoms with Gasteiger partial charge in [0.15, 0.2) is 0 Å². The van der Waals surface area contributed by atoms with Crippen molar-refractivity contribution in [2.45, 2.75) is 174 Å². The Balaban J connectivity index is 3.80. The molecule has 0 saturated heterocycles. The highest BCUT2D eigenvalue weighted by molar-refractivity contribution is 7.99. The van der Waals surface area contributed by atoms with Crippen LogP contribution in [0.25, 0.3) is 0 Å². The molecule has 256 valence electrons. The SMILES string of the molecule is CCCCCCCCCCCCCCCC(=O)O[C@H](COP(=O)(O)O)CSCCCCCCCCCCCCCOC=O. The van der Waals surface area contributed by atoms with Crippen LogP contribution in [0.15, 0.2) is 0 Å². The molecular weight excluding hydrogens is 587 g/mol. The third-order valence-corrected chi connectivity index (χ3v) is 9.30. The zero-order valence-corrected chi connectivity index (χ0v) is 29.1. The van der Waals surface area contributed by atoms with Crippen LogP contribution in [-0.2, 0) is 28.2 Å². The van der Waals surface area contributed by atoms with Gasteiger partial charge >= 0.3 is 13.8 Å². The minimum atomic E-state index is -4.61. The van der Waals surface area contributed by atoms with Crippen molar-refractivity contribution in [3.05, 3.63) is 0 Å². The first-order valence-corrected chi connectivity index (χ1v) is 20.1. The monoisotopic (exact) mass is 652 g/mol. The van der Waals surface area contributed by atoms with Gasteiger partial charge in [0.05, 0.1) is 13.2 Å². The maximum Gasteiger partial charge on any atom is 0.469 e. The molecular formula is C33H65O8PS. The Morgan fingerprint density at radius 2 is 1.14 bits per heavy atom. The van der Waals surface area contributed by atoms with Gasteiger partial charge in [0.25, 0.3) is 6.47 Å². The third kappa shape index (κ3) is 35.7. The Kier molecular flexibility index (Phi) is 32.3. The number of esters is 1. The van der Waals surface area contributed by atoms with Crippen LogP contribution in [0.1, 0.15) is 167 Å². The van der Waals surface area contributed by atoms with E-state index in [4.69, 9.17) is 19.3 Å². The Bertz CT molecular complexity index is 661. The second-order valence-corrected chi connectivity index (χ2v) is 14.2. The van der Waals surface area contributed by atoms with E-state index in [0.717, 1.165) is 50.7 Å². The molecule has 43 heavy (non-hydrogen) atoms. The van der Waals surface area contributed by atoms with Crippen LogP contribution in [0.4, 0.5) is 0 Å². The molecule has 0 unspecified atom stereocenters. The quantitative estimate of drug-likeness (QED) is 0.0298. The largest absolute Gasteiger partial charge is 0.469 e. The molecule has 0 radical (unpaired) electrons. The van der Waals surface area contributed by atoms with Gasteiger partial charge in [-0.25, -0.2) is 4.57 Å². The van der Waals surface area contributed by atoms with Gasteiger partial charge in [-0.3, -0.25) is 14.1 Å². The predicted molar refractivity (Wildman–Crippen MR) is 178 cm³/mol. The molecule has 0 aliphatic rings. The number of carbonyl (C=O) groups excluding carboxylic acids is 2. The Hall–Kier alpha value is -0.600. The first kappa shape index (κ1) is 42.4. The summed E-state index contributed by atoms with van der Waals surface area (Å²) >= 11 is 1.65. The molecule has 0 aliphatic carbocycles. The van der Waals surface area contributed by atoms with E-state index < -0.39 is 13.9 Å². The number of carbonyl (C=O) groups is 2. The topological polar surface area (TPSA) is 119 Å². The average molecular weight is 653 g/mol. The van der Waals surface area contributed by atoms with Gasteiger partial charge in [-0.2, -0.15) is 11.8 Å². The summed E-state index contributed by atoms with van der Waals surface area (Å²) in [4.78, 5) is 40.6. The van der Waals surface area contributed by atoms with E-state index in [1.807, 2.05) is 0 Å². The fraction of sp³-hybridized carbons (Fsp3) is 0.939. The zero-order valence-electron chi connectivity index (χ0n) is 27.4. The standard InChI is InChI=1S/C33H65O8PS/c1-2-3-4-5-6-7-8-9-11-14-17-20-23-26-33(35)41-32(29-40-42(36,37)38)30-43-28-25-22-19-16-13-10-12-15-18-21-24-27-39-31-34/h31-32H,2-30H2,1H3,(H2,36,37,38)/t32-/m1/s1. The number of phosphoric ester groups is 1. The van der Waals surface area contributed by atoms with Gasteiger partial charge < -0.3 is 19.3 Å². The summed E-state index contributed by atoms with van der Waals surface area (Å²) in [6.07, 6.45) is 28.9. The van der Waals surface area contributed by atoms with Crippen LogP contribution < -0.4 is 0 Å². The number of phosphoric acid groups is 1. The van der Waals surface area contributed by atoms with Crippen molar-refractivity contribution in [1.82, 2.24) is 0 Å². The lowest BCUT2D eigenvalue weighted by Crippen LogP contribution is -2.25. The summed E-state index contributed by atoms with van der Waals surface area (Å²) in [5, 5.41) is 0. The summed E-state index contributed by atoms with van der Waals surface area (Å²) in [6, 6.07) is 0. The van der Waals surface area contributed by atoms with Gasteiger partial charge in [-0.05, 0) is 25.0 Å². The summed E-state index contributed by atoms with van der Waals surface area (Å²) in [5.74, 6) is 1.09. The van der Waals surface area contributed by atoms with Crippen LogP contribution in [0.3, 0.4) is 0 Å². The smallest absolute Gasteiger partial charge is 0.468 e. The van der Waals surface area contributed by atoms with E-state index >= 15 is 0 Å². The zero-order chi connectivity index (χ0) is 31.7. The Morgan fingerprint density at radius 1 is 0.698 bits per heavy atom. The molecule has 0 fully saturated rings. The van der Waals surface area contributed by atoms with Crippen molar-refractivity contribution in [3.8, 4) is 0 Å². The van der Waals surface area contributed by atoms with Crippen molar-refractivity contribution < 1.29 is 37.9 Å². The first-order chi connectivity index (χ1) is 20.9. The van der Waals surface area contributed by atoms with E-state index in [1.54, 1.807) is 11.8 Å². The Morgan fingerprint density at radius 3 is 1.60 bits per heavy atom. The maximum absolute atomic E-state index is 12.4.